The Morgan fingerprint density at radius 2 is 2.20 bits per heavy atom. The SMILES string of the molecule is CCn1ccc(CNC(=S)Nc2cc(Cl)ccc2C)n1. The molecule has 4 nitrogen and oxygen atoms in total. The van der Waals surface area contributed by atoms with Gasteiger partial charge in [-0.15, -0.1) is 0 Å². The largest absolute Gasteiger partial charge is 0.357 e. The van der Waals surface area contributed by atoms with Gasteiger partial charge >= 0.3 is 0 Å². The fraction of sp³-hybridized carbons (Fsp3) is 0.286. The van der Waals surface area contributed by atoms with Crippen molar-refractivity contribution in [1.29, 1.82) is 0 Å². The average Bonchev–Trinajstić information content (AvgIpc) is 2.89. The summed E-state index contributed by atoms with van der Waals surface area (Å²) in [7, 11) is 0. The van der Waals surface area contributed by atoms with Crippen LogP contribution in [0.25, 0.3) is 0 Å². The van der Waals surface area contributed by atoms with Crippen molar-refractivity contribution in [1.82, 2.24) is 15.1 Å². The molecule has 2 N–H and O–H groups in total. The highest BCUT2D eigenvalue weighted by molar-refractivity contribution is 7.80. The summed E-state index contributed by atoms with van der Waals surface area (Å²) in [4.78, 5) is 0. The highest BCUT2D eigenvalue weighted by atomic mass is 35.5. The van der Waals surface area contributed by atoms with E-state index in [1.807, 2.05) is 42.1 Å². The van der Waals surface area contributed by atoms with Gasteiger partial charge in [-0.3, -0.25) is 4.68 Å². The number of hydrogen-bond acceptors (Lipinski definition) is 2. The van der Waals surface area contributed by atoms with Crippen molar-refractivity contribution in [2.45, 2.75) is 26.9 Å². The molecule has 0 saturated heterocycles. The third-order valence-corrected chi connectivity index (χ3v) is 3.38. The van der Waals surface area contributed by atoms with E-state index in [1.54, 1.807) is 0 Å². The zero-order valence-corrected chi connectivity index (χ0v) is 13.1. The van der Waals surface area contributed by atoms with Gasteiger partial charge in [-0.05, 0) is 49.8 Å². The number of halogens is 1. The predicted molar refractivity (Wildman–Crippen MR) is 87.2 cm³/mol. The minimum absolute atomic E-state index is 0.557. The quantitative estimate of drug-likeness (QED) is 0.850. The molecule has 0 radical (unpaired) electrons. The number of hydrogen-bond donors (Lipinski definition) is 2. The van der Waals surface area contributed by atoms with E-state index in [0.29, 0.717) is 16.7 Å². The van der Waals surface area contributed by atoms with E-state index in [4.69, 9.17) is 23.8 Å². The molecular formula is C14H17ClN4S. The standard InChI is InChI=1S/C14H17ClN4S/c1-3-19-7-6-12(18-19)9-16-14(20)17-13-8-11(15)5-4-10(13)2/h4-8H,3,9H2,1-2H3,(H2,16,17,20). The summed E-state index contributed by atoms with van der Waals surface area (Å²) in [5.74, 6) is 0. The summed E-state index contributed by atoms with van der Waals surface area (Å²) in [6.07, 6.45) is 1.95. The molecule has 0 fully saturated rings. The van der Waals surface area contributed by atoms with Crippen molar-refractivity contribution in [3.05, 3.63) is 46.7 Å². The first-order chi connectivity index (χ1) is 9.58. The maximum Gasteiger partial charge on any atom is 0.171 e. The van der Waals surface area contributed by atoms with Gasteiger partial charge in [0.05, 0.1) is 12.2 Å². The summed E-state index contributed by atoms with van der Waals surface area (Å²) in [6.45, 7) is 5.52. The molecule has 0 aliphatic carbocycles. The van der Waals surface area contributed by atoms with E-state index < -0.39 is 0 Å². The number of nitrogens with one attached hydrogen (secondary N) is 2. The van der Waals surface area contributed by atoms with E-state index in [-0.39, 0.29) is 0 Å². The van der Waals surface area contributed by atoms with Crippen LogP contribution in [0.3, 0.4) is 0 Å². The third-order valence-electron chi connectivity index (χ3n) is 2.90. The molecule has 0 bridgehead atoms. The van der Waals surface area contributed by atoms with Gasteiger partial charge in [0.2, 0.25) is 0 Å². The van der Waals surface area contributed by atoms with Gasteiger partial charge in [0.1, 0.15) is 0 Å². The average molecular weight is 309 g/mol. The molecule has 1 aromatic carbocycles. The zero-order chi connectivity index (χ0) is 14.5. The lowest BCUT2D eigenvalue weighted by Crippen LogP contribution is -2.28. The molecule has 1 heterocycles. The lowest BCUT2D eigenvalue weighted by molar-refractivity contribution is 0.643. The van der Waals surface area contributed by atoms with Crippen LogP contribution >= 0.6 is 23.8 Å². The number of rotatable bonds is 4. The van der Waals surface area contributed by atoms with Crippen LogP contribution in [-0.2, 0) is 13.1 Å². The first kappa shape index (κ1) is 14.8. The number of anilines is 1. The van der Waals surface area contributed by atoms with Gasteiger partial charge in [-0.2, -0.15) is 5.10 Å². The van der Waals surface area contributed by atoms with Gasteiger partial charge in [0.25, 0.3) is 0 Å². The summed E-state index contributed by atoms with van der Waals surface area (Å²) in [5.41, 5.74) is 2.96. The highest BCUT2D eigenvalue weighted by Gasteiger charge is 2.03. The fourth-order valence-corrected chi connectivity index (χ4v) is 2.09. The summed E-state index contributed by atoms with van der Waals surface area (Å²) >= 11 is 11.2. The number of aromatic nitrogens is 2. The van der Waals surface area contributed by atoms with Gasteiger partial charge in [0, 0.05) is 23.5 Å². The van der Waals surface area contributed by atoms with Crippen LogP contribution in [0.15, 0.2) is 30.5 Å². The van der Waals surface area contributed by atoms with Gasteiger partial charge in [-0.1, -0.05) is 17.7 Å². The maximum absolute atomic E-state index is 5.98. The molecule has 0 unspecified atom stereocenters. The first-order valence-electron chi connectivity index (χ1n) is 6.42. The highest BCUT2D eigenvalue weighted by Crippen LogP contribution is 2.19. The third kappa shape index (κ3) is 3.95. The van der Waals surface area contributed by atoms with Crippen molar-refractivity contribution in [2.75, 3.05) is 5.32 Å². The first-order valence-corrected chi connectivity index (χ1v) is 7.20. The van der Waals surface area contributed by atoms with Gasteiger partial charge in [-0.25, -0.2) is 0 Å². The van der Waals surface area contributed by atoms with Crippen molar-refractivity contribution < 1.29 is 0 Å². The number of aryl methyl sites for hydroxylation is 2. The van der Waals surface area contributed by atoms with Crippen molar-refractivity contribution in [3.63, 3.8) is 0 Å². The van der Waals surface area contributed by atoms with Crippen molar-refractivity contribution in [3.8, 4) is 0 Å². The van der Waals surface area contributed by atoms with Gasteiger partial charge in [0.15, 0.2) is 5.11 Å². The van der Waals surface area contributed by atoms with Crippen LogP contribution in [0.4, 0.5) is 5.69 Å². The Labute approximate surface area is 129 Å². The molecule has 2 aromatic rings. The summed E-state index contributed by atoms with van der Waals surface area (Å²) in [6, 6.07) is 7.65. The molecule has 0 spiro atoms. The van der Waals surface area contributed by atoms with Crippen LogP contribution in [-0.4, -0.2) is 14.9 Å². The van der Waals surface area contributed by atoms with Crippen LogP contribution in [0.2, 0.25) is 5.02 Å². The molecule has 0 aliphatic heterocycles. The predicted octanol–water partition coefficient (Wildman–Crippen LogP) is 3.35. The number of benzene rings is 1. The minimum Gasteiger partial charge on any atom is -0.357 e. The molecule has 0 saturated carbocycles. The summed E-state index contributed by atoms with van der Waals surface area (Å²) < 4.78 is 1.88. The van der Waals surface area contributed by atoms with Crippen molar-refractivity contribution >= 4 is 34.6 Å². The molecule has 0 aliphatic rings. The van der Waals surface area contributed by atoms with E-state index in [0.717, 1.165) is 23.5 Å². The van der Waals surface area contributed by atoms with E-state index in [2.05, 4.69) is 22.7 Å². The zero-order valence-electron chi connectivity index (χ0n) is 11.5. The van der Waals surface area contributed by atoms with Crippen LogP contribution in [0.5, 0.6) is 0 Å². The van der Waals surface area contributed by atoms with Gasteiger partial charge < -0.3 is 10.6 Å². The van der Waals surface area contributed by atoms with Crippen LogP contribution in [0, 0.1) is 6.92 Å². The second-order valence-corrected chi connectivity index (χ2v) is 5.27. The molecule has 1 aromatic heterocycles. The lowest BCUT2D eigenvalue weighted by Gasteiger charge is -2.12. The fourth-order valence-electron chi connectivity index (χ4n) is 1.74. The number of nitrogens with zero attached hydrogens (tertiary/aromatic N) is 2. The monoisotopic (exact) mass is 308 g/mol. The van der Waals surface area contributed by atoms with Crippen molar-refractivity contribution in [2.24, 2.45) is 0 Å². The van der Waals surface area contributed by atoms with Crippen LogP contribution in [0.1, 0.15) is 18.2 Å². The number of thiocarbonyl (C=S) groups is 1. The smallest absolute Gasteiger partial charge is 0.171 e. The second-order valence-electron chi connectivity index (χ2n) is 4.43. The Balaban J connectivity index is 1.90. The molecule has 20 heavy (non-hydrogen) atoms. The minimum atomic E-state index is 0.557. The topological polar surface area (TPSA) is 41.9 Å². The van der Waals surface area contributed by atoms with E-state index in [1.165, 1.54) is 0 Å². The Morgan fingerprint density at radius 1 is 1.40 bits per heavy atom. The van der Waals surface area contributed by atoms with Crippen LogP contribution < -0.4 is 10.6 Å². The lowest BCUT2D eigenvalue weighted by atomic mass is 10.2. The molecule has 2 rings (SSSR count). The molecular weight excluding hydrogens is 292 g/mol. The Bertz CT molecular complexity index is 609. The Kier molecular flexibility index (Phi) is 4.98. The molecule has 106 valence electrons. The van der Waals surface area contributed by atoms with E-state index >= 15 is 0 Å². The second kappa shape index (κ2) is 6.72. The summed E-state index contributed by atoms with van der Waals surface area (Å²) in [5, 5.41) is 11.9. The molecule has 0 amide bonds. The molecule has 0 atom stereocenters. The Morgan fingerprint density at radius 3 is 2.90 bits per heavy atom. The van der Waals surface area contributed by atoms with E-state index in [9.17, 15) is 0 Å². The molecule has 6 heteroatoms. The normalized spacial score (nSPS) is 10.3. The maximum atomic E-state index is 5.98. The Hall–Kier alpha value is -1.59.